The SMILES string of the molecule is Cn1c(SCC(=O)OC(C)(C)C)nc2sc(-c3ccccc3)cc2c1=O. The zero-order valence-electron chi connectivity index (χ0n) is 15.1. The van der Waals surface area contributed by atoms with Crippen molar-refractivity contribution in [1.29, 1.82) is 0 Å². The maximum absolute atomic E-state index is 12.7. The van der Waals surface area contributed by atoms with Crippen LogP contribution in [-0.4, -0.2) is 26.9 Å². The van der Waals surface area contributed by atoms with Crippen molar-refractivity contribution in [1.82, 2.24) is 9.55 Å². The third kappa shape index (κ3) is 4.16. The minimum absolute atomic E-state index is 0.111. The maximum Gasteiger partial charge on any atom is 0.316 e. The Morgan fingerprint density at radius 2 is 1.96 bits per heavy atom. The van der Waals surface area contributed by atoms with Gasteiger partial charge in [0, 0.05) is 11.9 Å². The minimum atomic E-state index is -0.529. The van der Waals surface area contributed by atoms with Crippen molar-refractivity contribution in [2.24, 2.45) is 7.05 Å². The molecular weight excluding hydrogens is 368 g/mol. The minimum Gasteiger partial charge on any atom is -0.459 e. The summed E-state index contributed by atoms with van der Waals surface area (Å²) in [6.07, 6.45) is 0. The van der Waals surface area contributed by atoms with E-state index in [0.717, 1.165) is 10.4 Å². The molecule has 0 fully saturated rings. The van der Waals surface area contributed by atoms with Gasteiger partial charge in [-0.2, -0.15) is 0 Å². The molecule has 0 amide bonds. The molecule has 0 bridgehead atoms. The lowest BCUT2D eigenvalue weighted by Gasteiger charge is -2.19. The van der Waals surface area contributed by atoms with E-state index in [0.29, 0.717) is 15.4 Å². The fraction of sp³-hybridized carbons (Fsp3) is 0.316. The first kappa shape index (κ1) is 18.7. The summed E-state index contributed by atoms with van der Waals surface area (Å²) in [5, 5.41) is 1.10. The van der Waals surface area contributed by atoms with E-state index in [4.69, 9.17) is 4.74 Å². The Labute approximate surface area is 160 Å². The molecule has 3 rings (SSSR count). The molecule has 7 heteroatoms. The molecule has 0 aliphatic carbocycles. The van der Waals surface area contributed by atoms with Crippen LogP contribution in [0.15, 0.2) is 46.3 Å². The van der Waals surface area contributed by atoms with E-state index >= 15 is 0 Å². The summed E-state index contributed by atoms with van der Waals surface area (Å²) in [7, 11) is 1.67. The Bertz CT molecular complexity index is 1000. The summed E-state index contributed by atoms with van der Waals surface area (Å²) < 4.78 is 6.79. The number of esters is 1. The number of thioether (sulfide) groups is 1. The van der Waals surface area contributed by atoms with E-state index < -0.39 is 5.60 Å². The molecule has 0 aliphatic heterocycles. The van der Waals surface area contributed by atoms with Crippen LogP contribution in [0.3, 0.4) is 0 Å². The molecule has 0 unspecified atom stereocenters. The van der Waals surface area contributed by atoms with Gasteiger partial charge in [0.1, 0.15) is 10.4 Å². The Morgan fingerprint density at radius 1 is 1.27 bits per heavy atom. The summed E-state index contributed by atoms with van der Waals surface area (Å²) in [6, 6.07) is 11.8. The number of hydrogen-bond donors (Lipinski definition) is 0. The summed E-state index contributed by atoms with van der Waals surface area (Å²) in [6.45, 7) is 5.48. The molecule has 0 saturated heterocycles. The molecule has 0 atom stereocenters. The van der Waals surface area contributed by atoms with Crippen molar-refractivity contribution in [3.63, 3.8) is 0 Å². The number of aromatic nitrogens is 2. The fourth-order valence-corrected chi connectivity index (χ4v) is 4.24. The summed E-state index contributed by atoms with van der Waals surface area (Å²) >= 11 is 2.69. The van der Waals surface area contributed by atoms with Crippen LogP contribution in [0.5, 0.6) is 0 Å². The Hall–Kier alpha value is -2.12. The van der Waals surface area contributed by atoms with Crippen LogP contribution in [0.2, 0.25) is 0 Å². The van der Waals surface area contributed by atoms with Crippen molar-refractivity contribution in [2.45, 2.75) is 31.5 Å². The molecule has 0 radical (unpaired) electrons. The third-order valence-electron chi connectivity index (χ3n) is 3.53. The number of fused-ring (bicyclic) bond motifs is 1. The third-order valence-corrected chi connectivity index (χ3v) is 5.61. The lowest BCUT2D eigenvalue weighted by molar-refractivity contribution is -0.151. The molecule has 136 valence electrons. The molecule has 0 spiro atoms. The standard InChI is InChI=1S/C19H20N2O3S2/c1-19(2,3)24-15(22)11-25-18-20-16-13(17(23)21(18)4)10-14(26-16)12-8-6-5-7-9-12/h5-10H,11H2,1-4H3. The van der Waals surface area contributed by atoms with Gasteiger partial charge >= 0.3 is 5.97 Å². The van der Waals surface area contributed by atoms with Gasteiger partial charge in [-0.05, 0) is 32.4 Å². The Balaban J connectivity index is 1.89. The fourth-order valence-electron chi connectivity index (χ4n) is 2.42. The van der Waals surface area contributed by atoms with Crippen LogP contribution in [0.1, 0.15) is 20.8 Å². The number of ether oxygens (including phenoxy) is 1. The van der Waals surface area contributed by atoms with E-state index in [9.17, 15) is 9.59 Å². The molecule has 0 N–H and O–H groups in total. The number of carbonyl (C=O) groups excluding carboxylic acids is 1. The first-order chi connectivity index (χ1) is 12.2. The first-order valence-electron chi connectivity index (χ1n) is 8.15. The van der Waals surface area contributed by atoms with Gasteiger partial charge in [-0.15, -0.1) is 11.3 Å². The largest absolute Gasteiger partial charge is 0.459 e. The normalized spacial score (nSPS) is 11.7. The van der Waals surface area contributed by atoms with Crippen LogP contribution < -0.4 is 5.56 Å². The summed E-state index contributed by atoms with van der Waals surface area (Å²) in [5.41, 5.74) is 0.417. The molecule has 0 aliphatic rings. The molecule has 2 heterocycles. The maximum atomic E-state index is 12.7. The topological polar surface area (TPSA) is 61.2 Å². The average molecular weight is 389 g/mol. The van der Waals surface area contributed by atoms with Gasteiger partial charge in [-0.1, -0.05) is 42.1 Å². The molecule has 5 nitrogen and oxygen atoms in total. The molecule has 26 heavy (non-hydrogen) atoms. The highest BCUT2D eigenvalue weighted by Crippen LogP contribution is 2.31. The first-order valence-corrected chi connectivity index (χ1v) is 9.95. The van der Waals surface area contributed by atoms with E-state index in [-0.39, 0.29) is 17.3 Å². The molecule has 3 aromatic rings. The second-order valence-electron chi connectivity index (χ2n) is 6.83. The van der Waals surface area contributed by atoms with Crippen LogP contribution in [0, 0.1) is 0 Å². The van der Waals surface area contributed by atoms with E-state index in [1.165, 1.54) is 27.7 Å². The molecule has 2 aromatic heterocycles. The Kier molecular flexibility index (Phi) is 5.20. The number of rotatable bonds is 4. The predicted molar refractivity (Wildman–Crippen MR) is 107 cm³/mol. The van der Waals surface area contributed by atoms with Gasteiger partial charge in [0.25, 0.3) is 5.56 Å². The Morgan fingerprint density at radius 3 is 2.62 bits per heavy atom. The van der Waals surface area contributed by atoms with Gasteiger partial charge in [0.05, 0.1) is 11.1 Å². The number of benzene rings is 1. The van der Waals surface area contributed by atoms with Crippen LogP contribution in [-0.2, 0) is 16.6 Å². The number of nitrogens with zero attached hydrogens (tertiary/aromatic N) is 2. The molecule has 1 aromatic carbocycles. The van der Waals surface area contributed by atoms with Crippen molar-refractivity contribution in [3.05, 3.63) is 46.8 Å². The lowest BCUT2D eigenvalue weighted by atomic mass is 10.2. The van der Waals surface area contributed by atoms with Crippen LogP contribution >= 0.6 is 23.1 Å². The highest BCUT2D eigenvalue weighted by molar-refractivity contribution is 7.99. The zero-order chi connectivity index (χ0) is 18.9. The second-order valence-corrected chi connectivity index (χ2v) is 8.80. The summed E-state index contributed by atoms with van der Waals surface area (Å²) in [5.74, 6) is -0.215. The highest BCUT2D eigenvalue weighted by Gasteiger charge is 2.18. The van der Waals surface area contributed by atoms with Gasteiger partial charge in [-0.25, -0.2) is 4.98 Å². The number of carbonyl (C=O) groups is 1. The van der Waals surface area contributed by atoms with Crippen molar-refractivity contribution in [2.75, 3.05) is 5.75 Å². The van der Waals surface area contributed by atoms with Crippen molar-refractivity contribution >= 4 is 39.3 Å². The molecular formula is C19H20N2O3S2. The van der Waals surface area contributed by atoms with E-state index in [2.05, 4.69) is 4.98 Å². The van der Waals surface area contributed by atoms with Gasteiger partial charge < -0.3 is 4.74 Å². The molecule has 0 saturated carbocycles. The number of thiophene rings is 1. The summed E-state index contributed by atoms with van der Waals surface area (Å²) in [4.78, 5) is 30.9. The van der Waals surface area contributed by atoms with Crippen molar-refractivity contribution in [3.8, 4) is 10.4 Å². The van der Waals surface area contributed by atoms with E-state index in [1.54, 1.807) is 7.05 Å². The van der Waals surface area contributed by atoms with Crippen LogP contribution in [0.25, 0.3) is 20.7 Å². The quantitative estimate of drug-likeness (QED) is 0.383. The van der Waals surface area contributed by atoms with Crippen LogP contribution in [0.4, 0.5) is 0 Å². The zero-order valence-corrected chi connectivity index (χ0v) is 16.7. The van der Waals surface area contributed by atoms with Gasteiger partial charge in [0.15, 0.2) is 5.16 Å². The predicted octanol–water partition coefficient (Wildman–Crippen LogP) is 4.10. The lowest BCUT2D eigenvalue weighted by Crippen LogP contribution is -2.25. The number of hydrogen-bond acceptors (Lipinski definition) is 6. The van der Waals surface area contributed by atoms with Gasteiger partial charge in [-0.3, -0.25) is 14.2 Å². The average Bonchev–Trinajstić information content (AvgIpc) is 3.00. The smallest absolute Gasteiger partial charge is 0.316 e. The monoisotopic (exact) mass is 388 g/mol. The van der Waals surface area contributed by atoms with E-state index in [1.807, 2.05) is 57.2 Å². The van der Waals surface area contributed by atoms with Gasteiger partial charge in [0.2, 0.25) is 0 Å². The van der Waals surface area contributed by atoms with Crippen molar-refractivity contribution < 1.29 is 9.53 Å². The highest BCUT2D eigenvalue weighted by atomic mass is 32.2. The second kappa shape index (κ2) is 7.25.